The molecule has 14 rings (SSSR count). The number of amides is 2. The minimum absolute atomic E-state index is 0.0915. The number of nitrogens with one attached hydrogen (secondary N) is 1. The van der Waals surface area contributed by atoms with Crippen LogP contribution in [0, 0.1) is 0 Å². The highest BCUT2D eigenvalue weighted by atomic mass is 79.9. The fourth-order valence-corrected chi connectivity index (χ4v) is 13.3. The van der Waals surface area contributed by atoms with Crippen molar-refractivity contribution in [3.8, 4) is 22.8 Å². The zero-order valence-electron chi connectivity index (χ0n) is 47.9. The second-order valence-electron chi connectivity index (χ2n) is 22.7. The third kappa shape index (κ3) is 10.6. The topological polar surface area (TPSA) is 204 Å². The smallest absolute Gasteiger partial charge is 0.330 e. The van der Waals surface area contributed by atoms with Crippen LogP contribution in [0.2, 0.25) is 0 Å². The van der Waals surface area contributed by atoms with Crippen molar-refractivity contribution in [3.05, 3.63) is 248 Å². The summed E-state index contributed by atoms with van der Waals surface area (Å²) in [6.07, 6.45) is -5.16. The second kappa shape index (κ2) is 22.5. The molecule has 0 radical (unpaired) electrons. The highest BCUT2D eigenvalue weighted by Crippen LogP contribution is 2.39. The summed E-state index contributed by atoms with van der Waals surface area (Å²) in [6, 6.07) is 35.6. The molecular weight excluding hydrogens is 1320 g/mol. The number of aromatic nitrogens is 13. The number of aromatic amines is 1. The molecule has 2 atom stereocenters. The molecule has 6 aromatic heterocycles. The number of hydrogen-bond donors (Lipinski definition) is 1. The fraction of sp³-hybridized carbons (Fsp3) is 0.203. The Bertz CT molecular complexity index is 5020. The molecule has 458 valence electrons. The molecule has 1 N–H and O–H groups in total. The largest absolute Gasteiger partial charge is 0.417 e. The van der Waals surface area contributed by atoms with Crippen molar-refractivity contribution in [2.45, 2.75) is 83.6 Å². The Hall–Kier alpha value is -9.89. The molecule has 2 aliphatic rings. The first-order valence-electron chi connectivity index (χ1n) is 28.6. The molecule has 8 heterocycles. The lowest BCUT2D eigenvalue weighted by atomic mass is 9.97. The molecule has 0 saturated heterocycles. The van der Waals surface area contributed by atoms with E-state index in [0.29, 0.717) is 98.1 Å². The molecule has 0 unspecified atom stereocenters. The number of carbonyl (C=O) groups excluding carboxylic acids is 2. The maximum absolute atomic E-state index is 15.1. The first kappa shape index (κ1) is 58.8. The summed E-state index contributed by atoms with van der Waals surface area (Å²) >= 11 is 5.94. The SMILES string of the molecule is C[C@@H]1Cc2c(n3ncc(Cc4ccccc4)c3n(-c3ccc4c(c3)nnn4Cc3ccc(Cc4cnn5c6c(c(=O)n(-c7ccc(-c8nn[nH]n8)cc7)c45)C[C@H](C)N(C(=O)c4ccc(Br)c(C(F)(F)F)c4)C6)cc3)c2=O)CN1C(=O)c1ccc(Br)c(C(F)(F)F)c1. The van der Waals surface area contributed by atoms with E-state index in [9.17, 15) is 40.7 Å². The summed E-state index contributed by atoms with van der Waals surface area (Å²) in [6.45, 7) is 3.62. The first-order chi connectivity index (χ1) is 43.7. The third-order valence-corrected chi connectivity index (χ3v) is 18.3. The van der Waals surface area contributed by atoms with E-state index in [2.05, 4.69) is 62.8 Å². The van der Waals surface area contributed by atoms with Crippen molar-refractivity contribution < 1.29 is 35.9 Å². The number of carbonyl (C=O) groups is 2. The van der Waals surface area contributed by atoms with Gasteiger partial charge in [0, 0.05) is 72.8 Å². The van der Waals surface area contributed by atoms with Crippen LogP contribution in [0.1, 0.15) is 96.0 Å². The van der Waals surface area contributed by atoms with Crippen LogP contribution in [0.15, 0.2) is 164 Å². The maximum atomic E-state index is 15.1. The molecule has 0 bridgehead atoms. The van der Waals surface area contributed by atoms with Crippen LogP contribution in [0.5, 0.6) is 0 Å². The average molecular weight is 1360 g/mol. The molecule has 0 fully saturated rings. The van der Waals surface area contributed by atoms with E-state index >= 15 is 4.79 Å². The number of alkyl halides is 6. The van der Waals surface area contributed by atoms with Crippen LogP contribution in [0.25, 0.3) is 45.1 Å². The zero-order valence-corrected chi connectivity index (χ0v) is 51.1. The molecule has 0 saturated carbocycles. The fourth-order valence-electron chi connectivity index (χ4n) is 12.4. The van der Waals surface area contributed by atoms with Crippen LogP contribution in [0.3, 0.4) is 0 Å². The summed E-state index contributed by atoms with van der Waals surface area (Å²) in [5.41, 5.74) is 6.51. The highest BCUT2D eigenvalue weighted by Gasteiger charge is 2.39. The zero-order chi connectivity index (χ0) is 63.4. The van der Waals surface area contributed by atoms with Gasteiger partial charge in [0.05, 0.1) is 71.4 Å². The van der Waals surface area contributed by atoms with Crippen molar-refractivity contribution >= 4 is 66.0 Å². The van der Waals surface area contributed by atoms with E-state index in [4.69, 9.17) is 10.2 Å². The van der Waals surface area contributed by atoms with Gasteiger partial charge < -0.3 is 9.80 Å². The Morgan fingerprint density at radius 2 is 1.10 bits per heavy atom. The van der Waals surface area contributed by atoms with Crippen molar-refractivity contribution in [2.75, 3.05) is 0 Å². The summed E-state index contributed by atoms with van der Waals surface area (Å²) in [4.78, 5) is 61.3. The van der Waals surface area contributed by atoms with Gasteiger partial charge in [-0.15, -0.1) is 15.3 Å². The number of nitrogens with zero attached hydrogens (tertiary/aromatic N) is 14. The Labute approximate surface area is 527 Å². The molecule has 0 aliphatic carbocycles. The molecular formula is C64H47Br2F6N15O4. The Balaban J connectivity index is 0.767. The van der Waals surface area contributed by atoms with Gasteiger partial charge in [0.1, 0.15) is 16.8 Å². The van der Waals surface area contributed by atoms with E-state index in [1.807, 2.05) is 66.7 Å². The van der Waals surface area contributed by atoms with E-state index in [1.165, 1.54) is 34.1 Å². The van der Waals surface area contributed by atoms with E-state index in [1.54, 1.807) is 79.4 Å². The third-order valence-electron chi connectivity index (χ3n) is 16.9. The normalized spacial score (nSPS) is 15.2. The first-order valence-corrected chi connectivity index (χ1v) is 30.2. The Kier molecular flexibility index (Phi) is 14.6. The summed E-state index contributed by atoms with van der Waals surface area (Å²) in [5.74, 6) is -0.896. The van der Waals surface area contributed by atoms with Crippen LogP contribution in [-0.4, -0.2) is 97.7 Å². The maximum Gasteiger partial charge on any atom is 0.417 e. The van der Waals surface area contributed by atoms with Gasteiger partial charge in [-0.25, -0.2) is 13.7 Å². The van der Waals surface area contributed by atoms with E-state index in [0.717, 1.165) is 28.8 Å². The Morgan fingerprint density at radius 3 is 1.62 bits per heavy atom. The monoisotopic (exact) mass is 1360 g/mol. The minimum Gasteiger partial charge on any atom is -0.330 e. The molecule has 91 heavy (non-hydrogen) atoms. The Morgan fingerprint density at radius 1 is 0.593 bits per heavy atom. The highest BCUT2D eigenvalue weighted by molar-refractivity contribution is 9.10. The lowest BCUT2D eigenvalue weighted by Crippen LogP contribution is -2.46. The van der Waals surface area contributed by atoms with Crippen molar-refractivity contribution in [3.63, 3.8) is 0 Å². The quantitative estimate of drug-likeness (QED) is 0.121. The molecule has 0 spiro atoms. The van der Waals surface area contributed by atoms with Crippen LogP contribution < -0.4 is 11.1 Å². The van der Waals surface area contributed by atoms with Gasteiger partial charge in [0.2, 0.25) is 5.82 Å². The van der Waals surface area contributed by atoms with Crippen molar-refractivity contribution in [2.24, 2.45) is 0 Å². The molecule has 6 aromatic carbocycles. The number of H-pyrrole nitrogens is 1. The molecule has 2 aliphatic heterocycles. The van der Waals surface area contributed by atoms with Gasteiger partial charge in [-0.2, -0.15) is 41.8 Å². The number of fused-ring (bicyclic) bond motifs is 7. The summed E-state index contributed by atoms with van der Waals surface area (Å²) in [5, 5.41) is 33.0. The van der Waals surface area contributed by atoms with Crippen LogP contribution in [-0.2, 0) is 57.7 Å². The molecule has 27 heteroatoms. The van der Waals surface area contributed by atoms with Gasteiger partial charge in [-0.3, -0.25) is 28.3 Å². The number of hydrogen-bond acceptors (Lipinski definition) is 11. The second-order valence-corrected chi connectivity index (χ2v) is 24.4. The van der Waals surface area contributed by atoms with Gasteiger partial charge in [-0.05, 0) is 127 Å². The standard InChI is InChI=1S/C64H47Br2F6N15O4/c1-34-22-46-54(32-81(34)59(88)40-14-19-50(65)48(26-40)63(67,68)69)86-57(84(61(46)90)44-16-12-39(13-17-44)56-76-78-79-77-56)43(30-73-86)25-37-8-10-38(11-9-37)31-83-53-21-18-45(28-52(53)75-80-83)85-58-42(24-36-6-4-3-5-7-36)29-74-87(58)55-33-82(35(2)23-47(55)62(85)91)60(89)41-15-20-51(66)49(27-41)64(70,71)72/h3-21,26-30,34-35H,22-25,31-33H2,1-2H3,(H,76,77,78,79)/t34-,35+/m0/s1. The van der Waals surface area contributed by atoms with Gasteiger partial charge in [-0.1, -0.05) is 91.7 Å². The average Bonchev–Trinajstić information content (AvgIpc) is 1.71. The summed E-state index contributed by atoms with van der Waals surface area (Å²) in [7, 11) is 0. The number of halogens is 8. The minimum atomic E-state index is -4.71. The number of rotatable bonds is 11. The van der Waals surface area contributed by atoms with Crippen LogP contribution in [0.4, 0.5) is 26.3 Å². The van der Waals surface area contributed by atoms with E-state index < -0.39 is 47.4 Å². The van der Waals surface area contributed by atoms with E-state index in [-0.39, 0.29) is 57.1 Å². The molecule has 12 aromatic rings. The summed E-state index contributed by atoms with van der Waals surface area (Å²) < 4.78 is 91.8. The predicted molar refractivity (Wildman–Crippen MR) is 328 cm³/mol. The molecule has 19 nitrogen and oxygen atoms in total. The van der Waals surface area contributed by atoms with Gasteiger partial charge in [0.25, 0.3) is 22.9 Å². The lowest BCUT2D eigenvalue weighted by molar-refractivity contribution is -0.139. The predicted octanol–water partition coefficient (Wildman–Crippen LogP) is 11.2. The number of tetrazole rings is 1. The van der Waals surface area contributed by atoms with Crippen LogP contribution >= 0.6 is 31.9 Å². The van der Waals surface area contributed by atoms with Gasteiger partial charge >= 0.3 is 12.4 Å². The van der Waals surface area contributed by atoms with Crippen molar-refractivity contribution in [1.29, 1.82) is 0 Å². The van der Waals surface area contributed by atoms with Crippen molar-refractivity contribution in [1.82, 2.24) is 73.8 Å². The lowest BCUT2D eigenvalue weighted by Gasteiger charge is -2.35. The number of benzene rings is 6. The van der Waals surface area contributed by atoms with Gasteiger partial charge in [0.15, 0.2) is 0 Å². The molecule has 2 amide bonds.